The number of hydrogen-bond acceptors (Lipinski definition) is 3. The van der Waals surface area contributed by atoms with Crippen molar-refractivity contribution in [1.29, 1.82) is 0 Å². The fourth-order valence-electron chi connectivity index (χ4n) is 2.64. The van der Waals surface area contributed by atoms with Gasteiger partial charge < -0.3 is 20.6 Å². The number of nitrogens with one attached hydrogen (secondary N) is 4. The molecule has 3 aromatic rings. The normalized spacial score (nSPS) is 12.1. The number of aromatic amines is 2. The second kappa shape index (κ2) is 6.23. The first kappa shape index (κ1) is 15.9. The molecule has 0 bridgehead atoms. The summed E-state index contributed by atoms with van der Waals surface area (Å²) in [6.45, 7) is 5.86. The van der Waals surface area contributed by atoms with Crippen LogP contribution in [0.15, 0.2) is 41.2 Å². The summed E-state index contributed by atoms with van der Waals surface area (Å²) in [6.07, 6.45) is 0. The minimum Gasteiger partial charge on any atom is -0.374 e. The average Bonchev–Trinajstić information content (AvgIpc) is 2.89. The van der Waals surface area contributed by atoms with E-state index in [1.54, 1.807) is 18.2 Å². The molecule has 1 aromatic heterocycles. The van der Waals surface area contributed by atoms with E-state index < -0.39 is 6.04 Å². The highest BCUT2D eigenvalue weighted by Crippen LogP contribution is 2.18. The van der Waals surface area contributed by atoms with Crippen LogP contribution >= 0.6 is 0 Å². The summed E-state index contributed by atoms with van der Waals surface area (Å²) in [6, 6.07) is 10.9. The van der Waals surface area contributed by atoms with Crippen LogP contribution in [0.1, 0.15) is 18.1 Å². The largest absolute Gasteiger partial charge is 0.374 e. The van der Waals surface area contributed by atoms with Crippen molar-refractivity contribution in [2.45, 2.75) is 26.8 Å². The third kappa shape index (κ3) is 3.32. The van der Waals surface area contributed by atoms with Gasteiger partial charge in [-0.05, 0) is 50.6 Å². The van der Waals surface area contributed by atoms with Crippen LogP contribution in [-0.2, 0) is 4.79 Å². The lowest BCUT2D eigenvalue weighted by atomic mass is 10.1. The molecule has 1 atom stereocenters. The van der Waals surface area contributed by atoms with Crippen LogP contribution in [0, 0.1) is 13.8 Å². The lowest BCUT2D eigenvalue weighted by Crippen LogP contribution is -2.32. The number of amides is 1. The molecular formula is C18H20N4O2. The molecule has 0 saturated heterocycles. The number of fused-ring (bicyclic) bond motifs is 1. The molecule has 0 aliphatic rings. The maximum absolute atomic E-state index is 12.4. The number of anilines is 2. The molecular weight excluding hydrogens is 304 g/mol. The van der Waals surface area contributed by atoms with Crippen molar-refractivity contribution in [2.75, 3.05) is 10.6 Å². The lowest BCUT2D eigenvalue weighted by Gasteiger charge is -2.17. The molecule has 1 unspecified atom stereocenters. The number of H-pyrrole nitrogens is 2. The third-order valence-electron chi connectivity index (χ3n) is 3.93. The van der Waals surface area contributed by atoms with E-state index in [1.807, 2.05) is 32.9 Å². The van der Waals surface area contributed by atoms with Gasteiger partial charge in [-0.25, -0.2) is 4.79 Å². The Morgan fingerprint density at radius 2 is 1.79 bits per heavy atom. The van der Waals surface area contributed by atoms with Gasteiger partial charge in [0.1, 0.15) is 6.04 Å². The minimum atomic E-state index is -0.396. The van der Waals surface area contributed by atoms with E-state index in [-0.39, 0.29) is 11.6 Å². The lowest BCUT2D eigenvalue weighted by molar-refractivity contribution is -0.116. The van der Waals surface area contributed by atoms with Gasteiger partial charge in [0.05, 0.1) is 11.0 Å². The first-order valence-electron chi connectivity index (χ1n) is 7.79. The van der Waals surface area contributed by atoms with Crippen molar-refractivity contribution in [1.82, 2.24) is 9.97 Å². The Morgan fingerprint density at radius 3 is 2.54 bits per heavy atom. The topological polar surface area (TPSA) is 89.8 Å². The van der Waals surface area contributed by atoms with Crippen LogP contribution < -0.4 is 16.3 Å². The van der Waals surface area contributed by atoms with Crippen LogP contribution in [0.3, 0.4) is 0 Å². The maximum atomic E-state index is 12.4. The van der Waals surface area contributed by atoms with Gasteiger partial charge in [0.15, 0.2) is 0 Å². The standard InChI is InChI=1S/C18H20N4O2/c1-10-4-6-14(11(2)8-10)19-12(3)17(23)20-13-5-7-15-16(9-13)22-18(24)21-15/h4-9,12,19H,1-3H3,(H,20,23)(H2,21,22,24). The summed E-state index contributed by atoms with van der Waals surface area (Å²) in [5.74, 6) is -0.146. The highest BCUT2D eigenvalue weighted by Gasteiger charge is 2.14. The number of rotatable bonds is 4. The van der Waals surface area contributed by atoms with E-state index in [4.69, 9.17) is 0 Å². The van der Waals surface area contributed by atoms with Crippen LogP contribution in [0.5, 0.6) is 0 Å². The average molecular weight is 324 g/mol. The van der Waals surface area contributed by atoms with Crippen LogP contribution in [-0.4, -0.2) is 21.9 Å². The van der Waals surface area contributed by atoms with E-state index in [0.717, 1.165) is 11.3 Å². The van der Waals surface area contributed by atoms with Crippen LogP contribution in [0.4, 0.5) is 11.4 Å². The van der Waals surface area contributed by atoms with Crippen molar-refractivity contribution in [3.8, 4) is 0 Å². The second-order valence-electron chi connectivity index (χ2n) is 6.01. The molecule has 24 heavy (non-hydrogen) atoms. The van der Waals surface area contributed by atoms with Crippen molar-refractivity contribution in [3.63, 3.8) is 0 Å². The van der Waals surface area contributed by atoms with Crippen molar-refractivity contribution >= 4 is 28.3 Å². The van der Waals surface area contributed by atoms with Gasteiger partial charge in [0.2, 0.25) is 5.91 Å². The quantitative estimate of drug-likeness (QED) is 0.595. The number of aryl methyl sites for hydroxylation is 2. The molecule has 0 saturated carbocycles. The maximum Gasteiger partial charge on any atom is 0.323 e. The fraction of sp³-hybridized carbons (Fsp3) is 0.222. The van der Waals surface area contributed by atoms with Gasteiger partial charge in [0, 0.05) is 11.4 Å². The van der Waals surface area contributed by atoms with Crippen LogP contribution in [0.25, 0.3) is 11.0 Å². The number of aromatic nitrogens is 2. The zero-order chi connectivity index (χ0) is 17.3. The summed E-state index contributed by atoms with van der Waals surface area (Å²) in [7, 11) is 0. The molecule has 4 N–H and O–H groups in total. The molecule has 0 aliphatic heterocycles. The number of benzene rings is 2. The molecule has 0 fully saturated rings. The van der Waals surface area contributed by atoms with Gasteiger partial charge in [-0.15, -0.1) is 0 Å². The molecule has 0 radical (unpaired) electrons. The van der Waals surface area contributed by atoms with Gasteiger partial charge in [0.25, 0.3) is 0 Å². The SMILES string of the molecule is Cc1ccc(NC(C)C(=O)Nc2ccc3[nH]c(=O)[nH]c3c2)c(C)c1. The highest BCUT2D eigenvalue weighted by atomic mass is 16.2. The number of carbonyl (C=O) groups excluding carboxylic acids is 1. The Kier molecular flexibility index (Phi) is 4.12. The predicted molar refractivity (Wildman–Crippen MR) is 96.5 cm³/mol. The predicted octanol–water partition coefficient (Wildman–Crippen LogP) is 2.91. The van der Waals surface area contributed by atoms with E-state index in [0.29, 0.717) is 16.7 Å². The monoisotopic (exact) mass is 324 g/mol. The Hall–Kier alpha value is -3.02. The van der Waals surface area contributed by atoms with E-state index >= 15 is 0 Å². The highest BCUT2D eigenvalue weighted by molar-refractivity contribution is 5.97. The molecule has 3 rings (SSSR count). The number of hydrogen-bond donors (Lipinski definition) is 4. The Balaban J connectivity index is 1.71. The van der Waals surface area contributed by atoms with Gasteiger partial charge >= 0.3 is 5.69 Å². The number of imidazole rings is 1. The van der Waals surface area contributed by atoms with Gasteiger partial charge in [-0.2, -0.15) is 0 Å². The molecule has 124 valence electrons. The molecule has 1 amide bonds. The van der Waals surface area contributed by atoms with Crippen molar-refractivity contribution < 1.29 is 4.79 Å². The van der Waals surface area contributed by atoms with E-state index in [1.165, 1.54) is 5.56 Å². The van der Waals surface area contributed by atoms with Crippen LogP contribution in [0.2, 0.25) is 0 Å². The Morgan fingerprint density at radius 1 is 1.04 bits per heavy atom. The first-order chi connectivity index (χ1) is 11.4. The molecule has 0 spiro atoms. The third-order valence-corrected chi connectivity index (χ3v) is 3.93. The van der Waals surface area contributed by atoms with Gasteiger partial charge in [-0.1, -0.05) is 17.7 Å². The van der Waals surface area contributed by atoms with E-state index in [9.17, 15) is 9.59 Å². The zero-order valence-corrected chi connectivity index (χ0v) is 13.9. The van der Waals surface area contributed by atoms with Crippen molar-refractivity contribution in [2.24, 2.45) is 0 Å². The minimum absolute atomic E-state index is 0.146. The molecule has 2 aromatic carbocycles. The fourth-order valence-corrected chi connectivity index (χ4v) is 2.64. The summed E-state index contributed by atoms with van der Waals surface area (Å²) >= 11 is 0. The summed E-state index contributed by atoms with van der Waals surface area (Å²) in [4.78, 5) is 29.0. The smallest absolute Gasteiger partial charge is 0.323 e. The molecule has 1 heterocycles. The van der Waals surface area contributed by atoms with Crippen molar-refractivity contribution in [3.05, 3.63) is 58.0 Å². The first-order valence-corrected chi connectivity index (χ1v) is 7.79. The second-order valence-corrected chi connectivity index (χ2v) is 6.01. The Bertz CT molecular complexity index is 955. The molecule has 6 heteroatoms. The molecule has 0 aliphatic carbocycles. The molecule has 6 nitrogen and oxygen atoms in total. The zero-order valence-electron chi connectivity index (χ0n) is 13.9. The Labute approximate surface area is 139 Å². The summed E-state index contributed by atoms with van der Waals surface area (Å²) < 4.78 is 0. The summed E-state index contributed by atoms with van der Waals surface area (Å²) in [5.41, 5.74) is 4.96. The summed E-state index contributed by atoms with van der Waals surface area (Å²) in [5, 5.41) is 6.08. The number of carbonyl (C=O) groups is 1. The van der Waals surface area contributed by atoms with E-state index in [2.05, 4.69) is 26.7 Å². The van der Waals surface area contributed by atoms with Gasteiger partial charge in [-0.3, -0.25) is 4.79 Å².